The van der Waals surface area contributed by atoms with Crippen molar-refractivity contribution in [1.29, 1.82) is 0 Å². The largest absolute Gasteiger partial charge is 0.368 e. The topological polar surface area (TPSA) is 104 Å². The molecular formula is C24H31N5O3. The van der Waals surface area contributed by atoms with Crippen LogP contribution in [0.3, 0.4) is 0 Å². The Kier molecular flexibility index (Phi) is 8.62. The summed E-state index contributed by atoms with van der Waals surface area (Å²) >= 11 is 0. The lowest BCUT2D eigenvalue weighted by atomic mass is 10.1. The van der Waals surface area contributed by atoms with Crippen molar-refractivity contribution >= 4 is 23.5 Å². The first-order valence-electron chi connectivity index (χ1n) is 10.9. The summed E-state index contributed by atoms with van der Waals surface area (Å²) in [6, 6.07) is 15.3. The number of amides is 2. The summed E-state index contributed by atoms with van der Waals surface area (Å²) in [5, 5.41) is 12.1. The zero-order chi connectivity index (χ0) is 22.8. The van der Waals surface area contributed by atoms with E-state index in [4.69, 9.17) is 4.74 Å². The lowest BCUT2D eigenvalue weighted by molar-refractivity contribution is -0.124. The molecule has 4 N–H and O–H groups in total. The van der Waals surface area contributed by atoms with Crippen LogP contribution in [0.25, 0.3) is 0 Å². The van der Waals surface area contributed by atoms with E-state index in [0.717, 1.165) is 36.1 Å². The van der Waals surface area contributed by atoms with E-state index in [1.165, 1.54) is 0 Å². The summed E-state index contributed by atoms with van der Waals surface area (Å²) < 4.78 is 5.44. The van der Waals surface area contributed by atoms with Gasteiger partial charge in [0.05, 0.1) is 0 Å². The Morgan fingerprint density at radius 2 is 1.91 bits per heavy atom. The van der Waals surface area contributed by atoms with E-state index in [1.54, 1.807) is 20.2 Å². The summed E-state index contributed by atoms with van der Waals surface area (Å²) in [4.78, 5) is 28.3. The van der Waals surface area contributed by atoms with Crippen molar-refractivity contribution in [3.8, 4) is 0 Å². The Morgan fingerprint density at radius 1 is 1.09 bits per heavy atom. The molecule has 2 amide bonds. The Morgan fingerprint density at radius 3 is 2.66 bits per heavy atom. The molecule has 2 aromatic rings. The van der Waals surface area contributed by atoms with Crippen molar-refractivity contribution in [2.45, 2.75) is 31.9 Å². The normalized spacial score (nSPS) is 15.8. The Labute approximate surface area is 188 Å². The molecule has 3 rings (SSSR count). The number of hydrogen-bond acceptors (Lipinski definition) is 4. The fraction of sp³-hybridized carbons (Fsp3) is 0.375. The predicted octanol–water partition coefficient (Wildman–Crippen LogP) is 2.07. The first-order chi connectivity index (χ1) is 15.6. The van der Waals surface area contributed by atoms with Crippen LogP contribution < -0.4 is 21.3 Å². The molecule has 2 aromatic carbocycles. The Bertz CT molecular complexity index is 954. The predicted molar refractivity (Wildman–Crippen MR) is 126 cm³/mol. The molecule has 1 saturated heterocycles. The van der Waals surface area contributed by atoms with E-state index >= 15 is 0 Å². The standard InChI is InChI=1S/C24H31N5O3/c1-25-22(30)19-8-3-6-17(14-19)11-12-27-24(26-2)28-16-18-7-4-9-20(15-18)29-23(31)21-10-5-13-32-21/h3-4,6-9,14-15,21H,5,10-13,16H2,1-2H3,(H,25,30)(H,29,31)(H2,26,27,28). The summed E-state index contributed by atoms with van der Waals surface area (Å²) in [6.45, 7) is 1.89. The highest BCUT2D eigenvalue weighted by molar-refractivity contribution is 5.94. The Hall–Kier alpha value is -3.39. The number of guanidine groups is 1. The number of carbonyl (C=O) groups excluding carboxylic acids is 2. The van der Waals surface area contributed by atoms with Crippen LogP contribution in [-0.2, 0) is 22.5 Å². The zero-order valence-electron chi connectivity index (χ0n) is 18.6. The number of nitrogens with zero attached hydrogens (tertiary/aromatic N) is 1. The van der Waals surface area contributed by atoms with Crippen molar-refractivity contribution in [2.24, 2.45) is 4.99 Å². The molecule has 8 heteroatoms. The van der Waals surface area contributed by atoms with Crippen LogP contribution in [0, 0.1) is 0 Å². The molecule has 0 saturated carbocycles. The molecule has 1 unspecified atom stereocenters. The second-order valence-corrected chi connectivity index (χ2v) is 7.57. The van der Waals surface area contributed by atoms with E-state index in [2.05, 4.69) is 26.3 Å². The van der Waals surface area contributed by atoms with Gasteiger partial charge in [-0.25, -0.2) is 0 Å². The first-order valence-corrected chi connectivity index (χ1v) is 10.9. The van der Waals surface area contributed by atoms with Crippen LogP contribution in [0.4, 0.5) is 5.69 Å². The molecule has 32 heavy (non-hydrogen) atoms. The van der Waals surface area contributed by atoms with Crippen LogP contribution in [0.1, 0.15) is 34.3 Å². The highest BCUT2D eigenvalue weighted by Gasteiger charge is 2.23. The smallest absolute Gasteiger partial charge is 0.253 e. The van der Waals surface area contributed by atoms with Crippen molar-refractivity contribution < 1.29 is 14.3 Å². The summed E-state index contributed by atoms with van der Waals surface area (Å²) in [7, 11) is 3.35. The number of nitrogens with one attached hydrogen (secondary N) is 4. The number of anilines is 1. The lowest BCUT2D eigenvalue weighted by Gasteiger charge is -2.14. The van der Waals surface area contributed by atoms with E-state index in [9.17, 15) is 9.59 Å². The fourth-order valence-corrected chi connectivity index (χ4v) is 3.51. The first kappa shape index (κ1) is 23.3. The van der Waals surface area contributed by atoms with Crippen LogP contribution in [0.2, 0.25) is 0 Å². The summed E-state index contributed by atoms with van der Waals surface area (Å²) in [6.07, 6.45) is 2.10. The van der Waals surface area contributed by atoms with Crippen LogP contribution in [0.5, 0.6) is 0 Å². The van der Waals surface area contributed by atoms with Gasteiger partial charge in [-0.1, -0.05) is 24.3 Å². The van der Waals surface area contributed by atoms with Crippen molar-refractivity contribution in [3.05, 3.63) is 65.2 Å². The molecule has 1 aliphatic heterocycles. The average molecular weight is 438 g/mol. The monoisotopic (exact) mass is 437 g/mol. The molecule has 0 aromatic heterocycles. The number of ether oxygens (including phenoxy) is 1. The molecule has 1 aliphatic rings. The number of hydrogen-bond donors (Lipinski definition) is 4. The van der Waals surface area contributed by atoms with Crippen molar-refractivity contribution in [2.75, 3.05) is 32.6 Å². The van der Waals surface area contributed by atoms with Gasteiger partial charge < -0.3 is 26.0 Å². The van der Waals surface area contributed by atoms with E-state index in [-0.39, 0.29) is 17.9 Å². The maximum absolute atomic E-state index is 12.2. The maximum Gasteiger partial charge on any atom is 0.253 e. The van der Waals surface area contributed by atoms with Gasteiger partial charge in [-0.2, -0.15) is 0 Å². The van der Waals surface area contributed by atoms with Gasteiger partial charge in [0.1, 0.15) is 6.10 Å². The second kappa shape index (κ2) is 11.9. The van der Waals surface area contributed by atoms with Gasteiger partial charge in [-0.3, -0.25) is 14.6 Å². The van der Waals surface area contributed by atoms with Crippen molar-refractivity contribution in [1.82, 2.24) is 16.0 Å². The third-order valence-electron chi connectivity index (χ3n) is 5.22. The summed E-state index contributed by atoms with van der Waals surface area (Å²) in [5.74, 6) is 0.498. The van der Waals surface area contributed by atoms with Gasteiger partial charge in [-0.05, 0) is 54.7 Å². The number of carbonyl (C=O) groups is 2. The van der Waals surface area contributed by atoms with E-state index < -0.39 is 0 Å². The Balaban J connectivity index is 1.46. The number of aliphatic imine (C=N–C) groups is 1. The van der Waals surface area contributed by atoms with Gasteiger partial charge >= 0.3 is 0 Å². The quantitative estimate of drug-likeness (QED) is 0.374. The number of benzene rings is 2. The van der Waals surface area contributed by atoms with Crippen LogP contribution in [0.15, 0.2) is 53.5 Å². The molecule has 8 nitrogen and oxygen atoms in total. The minimum atomic E-state index is -0.350. The third-order valence-corrected chi connectivity index (χ3v) is 5.22. The summed E-state index contributed by atoms with van der Waals surface area (Å²) in [5.41, 5.74) is 3.50. The fourth-order valence-electron chi connectivity index (χ4n) is 3.51. The van der Waals surface area contributed by atoms with Crippen LogP contribution in [-0.4, -0.2) is 51.1 Å². The van der Waals surface area contributed by atoms with Gasteiger partial charge in [0, 0.05) is 45.0 Å². The third kappa shape index (κ3) is 6.81. The van der Waals surface area contributed by atoms with Crippen molar-refractivity contribution in [3.63, 3.8) is 0 Å². The molecule has 1 atom stereocenters. The SMILES string of the molecule is CN=C(NCCc1cccc(C(=O)NC)c1)NCc1cccc(NC(=O)C2CCCO2)c1. The highest BCUT2D eigenvalue weighted by atomic mass is 16.5. The molecule has 170 valence electrons. The minimum absolute atomic E-state index is 0.0912. The molecule has 0 radical (unpaired) electrons. The van der Waals surface area contributed by atoms with Gasteiger partial charge in [-0.15, -0.1) is 0 Å². The molecular weight excluding hydrogens is 406 g/mol. The van der Waals surface area contributed by atoms with Gasteiger partial charge in [0.15, 0.2) is 5.96 Å². The molecule has 1 heterocycles. The average Bonchev–Trinajstić information content (AvgIpc) is 3.36. The van der Waals surface area contributed by atoms with E-state index in [1.807, 2.05) is 42.5 Å². The highest BCUT2D eigenvalue weighted by Crippen LogP contribution is 2.16. The second-order valence-electron chi connectivity index (χ2n) is 7.57. The lowest BCUT2D eigenvalue weighted by Crippen LogP contribution is -2.37. The number of rotatable bonds is 8. The van der Waals surface area contributed by atoms with E-state index in [0.29, 0.717) is 31.2 Å². The zero-order valence-corrected chi connectivity index (χ0v) is 18.6. The molecule has 0 aliphatic carbocycles. The van der Waals surface area contributed by atoms with Crippen LogP contribution >= 0.6 is 0 Å². The molecule has 0 spiro atoms. The minimum Gasteiger partial charge on any atom is -0.368 e. The van der Waals surface area contributed by atoms with Gasteiger partial charge in [0.2, 0.25) is 0 Å². The molecule has 1 fully saturated rings. The van der Waals surface area contributed by atoms with Gasteiger partial charge in [0.25, 0.3) is 11.8 Å². The maximum atomic E-state index is 12.2. The molecule has 0 bridgehead atoms.